The maximum absolute atomic E-state index is 14.0. The number of benzene rings is 3. The van der Waals surface area contributed by atoms with Gasteiger partial charge >= 0.3 is 5.97 Å². The lowest BCUT2D eigenvalue weighted by atomic mass is 10.1. The number of rotatable bonds is 8. The van der Waals surface area contributed by atoms with Gasteiger partial charge in [0.05, 0.1) is 23.9 Å². The van der Waals surface area contributed by atoms with Crippen LogP contribution in [0.5, 0.6) is 5.75 Å². The van der Waals surface area contributed by atoms with Crippen LogP contribution in [0.3, 0.4) is 0 Å². The summed E-state index contributed by atoms with van der Waals surface area (Å²) < 4.78 is 23.8. The quantitative estimate of drug-likeness (QED) is 0.508. The molecule has 2 amide bonds. The molecular weight excluding hydrogens is 427 g/mol. The highest BCUT2D eigenvalue weighted by Crippen LogP contribution is 2.18. The molecule has 0 aliphatic heterocycles. The van der Waals surface area contributed by atoms with Gasteiger partial charge < -0.3 is 20.1 Å². The smallest absolute Gasteiger partial charge is 0.341 e. The van der Waals surface area contributed by atoms with E-state index in [0.717, 1.165) is 17.2 Å². The number of anilines is 1. The van der Waals surface area contributed by atoms with Gasteiger partial charge in [0.25, 0.3) is 11.8 Å². The van der Waals surface area contributed by atoms with Crippen LogP contribution in [0.4, 0.5) is 10.1 Å². The summed E-state index contributed by atoms with van der Waals surface area (Å²) in [6.45, 7) is 1.65. The molecule has 0 bridgehead atoms. The number of aryl methyl sites for hydroxylation is 1. The van der Waals surface area contributed by atoms with Crippen LogP contribution >= 0.6 is 0 Å². The Balaban J connectivity index is 1.58. The van der Waals surface area contributed by atoms with E-state index in [2.05, 4.69) is 10.6 Å². The van der Waals surface area contributed by atoms with E-state index in [9.17, 15) is 18.8 Å². The van der Waals surface area contributed by atoms with Gasteiger partial charge in [-0.3, -0.25) is 9.59 Å². The molecule has 3 rings (SSSR count). The Morgan fingerprint density at radius 3 is 2.36 bits per heavy atom. The molecule has 0 aliphatic carbocycles. The lowest BCUT2D eigenvalue weighted by Gasteiger charge is -2.12. The highest BCUT2D eigenvalue weighted by molar-refractivity contribution is 6.04. The van der Waals surface area contributed by atoms with Crippen molar-refractivity contribution in [3.8, 4) is 5.75 Å². The Hall–Kier alpha value is -4.20. The largest absolute Gasteiger partial charge is 0.497 e. The molecule has 0 aliphatic rings. The first kappa shape index (κ1) is 23.5. The van der Waals surface area contributed by atoms with Crippen molar-refractivity contribution in [2.75, 3.05) is 19.0 Å². The second-order valence-corrected chi connectivity index (χ2v) is 7.18. The fourth-order valence-electron chi connectivity index (χ4n) is 2.96. The van der Waals surface area contributed by atoms with Crippen molar-refractivity contribution in [3.05, 3.63) is 94.8 Å². The Bertz CT molecular complexity index is 1160. The molecule has 8 heteroatoms. The number of nitrogens with one attached hydrogen (secondary N) is 2. The summed E-state index contributed by atoms with van der Waals surface area (Å²) in [5.74, 6) is -2.61. The molecule has 33 heavy (non-hydrogen) atoms. The van der Waals surface area contributed by atoms with Crippen molar-refractivity contribution in [1.29, 1.82) is 0 Å². The first-order chi connectivity index (χ1) is 15.9. The maximum Gasteiger partial charge on any atom is 0.341 e. The molecule has 0 spiro atoms. The molecule has 0 atom stereocenters. The van der Waals surface area contributed by atoms with Crippen LogP contribution < -0.4 is 15.4 Å². The first-order valence-electron chi connectivity index (χ1n) is 10.1. The third kappa shape index (κ3) is 6.39. The lowest BCUT2D eigenvalue weighted by Crippen LogP contribution is -2.26. The molecule has 0 radical (unpaired) electrons. The second-order valence-electron chi connectivity index (χ2n) is 7.18. The standard InChI is InChI=1S/C25H23FN2O5/c1-16-7-9-17(10-8-16)14-27-24(30)20-5-3-4-6-22(20)28-23(29)15-33-25(31)19-12-11-18(32-2)13-21(19)26/h3-13H,14-15H2,1-2H3,(H,27,30)(H,28,29). The minimum absolute atomic E-state index is 0.249. The summed E-state index contributed by atoms with van der Waals surface area (Å²) in [5.41, 5.74) is 2.25. The second kappa shape index (κ2) is 10.9. The molecule has 0 fully saturated rings. The first-order valence-corrected chi connectivity index (χ1v) is 10.1. The van der Waals surface area contributed by atoms with Gasteiger partial charge in [-0.25, -0.2) is 9.18 Å². The number of hydrogen-bond acceptors (Lipinski definition) is 5. The summed E-state index contributed by atoms with van der Waals surface area (Å²) in [6, 6.07) is 17.9. The summed E-state index contributed by atoms with van der Waals surface area (Å²) in [6.07, 6.45) is 0. The molecule has 2 N–H and O–H groups in total. The van der Waals surface area contributed by atoms with Gasteiger partial charge in [0.15, 0.2) is 6.61 Å². The number of para-hydroxylation sites is 1. The number of ether oxygens (including phenoxy) is 2. The Kier molecular flexibility index (Phi) is 7.75. The molecule has 0 saturated heterocycles. The normalized spacial score (nSPS) is 10.3. The molecule has 0 saturated carbocycles. The summed E-state index contributed by atoms with van der Waals surface area (Å²) >= 11 is 0. The average molecular weight is 450 g/mol. The van der Waals surface area contributed by atoms with Crippen molar-refractivity contribution in [1.82, 2.24) is 5.32 Å². The summed E-state index contributed by atoms with van der Waals surface area (Å²) in [7, 11) is 1.37. The number of amides is 2. The predicted molar refractivity (Wildman–Crippen MR) is 121 cm³/mol. The Labute approximate surface area is 190 Å². The minimum Gasteiger partial charge on any atom is -0.497 e. The number of esters is 1. The number of carbonyl (C=O) groups is 3. The SMILES string of the molecule is COc1ccc(C(=O)OCC(=O)Nc2ccccc2C(=O)NCc2ccc(C)cc2)c(F)c1. The Morgan fingerprint density at radius 2 is 1.67 bits per heavy atom. The number of hydrogen-bond donors (Lipinski definition) is 2. The molecule has 0 heterocycles. The average Bonchev–Trinajstić information content (AvgIpc) is 2.82. The van der Waals surface area contributed by atoms with E-state index in [0.29, 0.717) is 6.54 Å². The predicted octanol–water partition coefficient (Wildman–Crippen LogP) is 3.87. The van der Waals surface area contributed by atoms with Gasteiger partial charge in [0.2, 0.25) is 0 Å². The minimum atomic E-state index is -0.991. The van der Waals surface area contributed by atoms with Crippen molar-refractivity contribution in [2.24, 2.45) is 0 Å². The van der Waals surface area contributed by atoms with E-state index in [1.165, 1.54) is 19.2 Å². The maximum atomic E-state index is 14.0. The van der Waals surface area contributed by atoms with Crippen molar-refractivity contribution in [3.63, 3.8) is 0 Å². The van der Waals surface area contributed by atoms with E-state index in [4.69, 9.17) is 9.47 Å². The van der Waals surface area contributed by atoms with Crippen LogP contribution in [0.1, 0.15) is 31.8 Å². The summed E-state index contributed by atoms with van der Waals surface area (Å²) in [4.78, 5) is 37.0. The van der Waals surface area contributed by atoms with Gasteiger partial charge in [0.1, 0.15) is 11.6 Å². The fraction of sp³-hybridized carbons (Fsp3) is 0.160. The third-order valence-electron chi connectivity index (χ3n) is 4.75. The zero-order valence-corrected chi connectivity index (χ0v) is 18.2. The number of carbonyl (C=O) groups excluding carboxylic acids is 3. The lowest BCUT2D eigenvalue weighted by molar-refractivity contribution is -0.119. The van der Waals surface area contributed by atoms with Crippen LogP contribution in [0, 0.1) is 12.7 Å². The monoisotopic (exact) mass is 450 g/mol. The van der Waals surface area contributed by atoms with Crippen LogP contribution in [0.15, 0.2) is 66.7 Å². The molecular formula is C25H23FN2O5. The van der Waals surface area contributed by atoms with Crippen molar-refractivity contribution in [2.45, 2.75) is 13.5 Å². The molecule has 0 aromatic heterocycles. The van der Waals surface area contributed by atoms with Gasteiger partial charge in [0, 0.05) is 12.6 Å². The van der Waals surface area contributed by atoms with E-state index in [1.54, 1.807) is 24.3 Å². The highest BCUT2D eigenvalue weighted by Gasteiger charge is 2.17. The van der Waals surface area contributed by atoms with Gasteiger partial charge in [-0.15, -0.1) is 0 Å². The molecule has 3 aromatic carbocycles. The van der Waals surface area contributed by atoms with E-state index in [1.807, 2.05) is 31.2 Å². The number of halogens is 1. The van der Waals surface area contributed by atoms with Crippen molar-refractivity contribution >= 4 is 23.5 Å². The molecule has 7 nitrogen and oxygen atoms in total. The van der Waals surface area contributed by atoms with E-state index in [-0.39, 0.29) is 28.5 Å². The zero-order valence-electron chi connectivity index (χ0n) is 18.2. The highest BCUT2D eigenvalue weighted by atomic mass is 19.1. The Morgan fingerprint density at radius 1 is 0.939 bits per heavy atom. The van der Waals surface area contributed by atoms with Crippen LogP contribution in [0.2, 0.25) is 0 Å². The molecule has 3 aromatic rings. The van der Waals surface area contributed by atoms with Crippen LogP contribution in [-0.2, 0) is 16.1 Å². The zero-order chi connectivity index (χ0) is 23.8. The van der Waals surface area contributed by atoms with Gasteiger partial charge in [-0.05, 0) is 36.8 Å². The van der Waals surface area contributed by atoms with Gasteiger partial charge in [-0.1, -0.05) is 42.0 Å². The topological polar surface area (TPSA) is 93.7 Å². The van der Waals surface area contributed by atoms with Gasteiger partial charge in [-0.2, -0.15) is 0 Å². The third-order valence-corrected chi connectivity index (χ3v) is 4.75. The molecule has 0 unspecified atom stereocenters. The summed E-state index contributed by atoms with van der Waals surface area (Å²) in [5, 5.41) is 5.35. The fourth-order valence-corrected chi connectivity index (χ4v) is 2.96. The van der Waals surface area contributed by atoms with E-state index < -0.39 is 24.3 Å². The van der Waals surface area contributed by atoms with Crippen LogP contribution in [-0.4, -0.2) is 31.5 Å². The van der Waals surface area contributed by atoms with E-state index >= 15 is 0 Å². The molecule has 170 valence electrons. The number of methoxy groups -OCH3 is 1. The van der Waals surface area contributed by atoms with Crippen molar-refractivity contribution < 1.29 is 28.2 Å². The van der Waals surface area contributed by atoms with Crippen LogP contribution in [0.25, 0.3) is 0 Å².